The van der Waals surface area contributed by atoms with Crippen LogP contribution in [0.5, 0.6) is 0 Å². The molecule has 4 atom stereocenters. The Labute approximate surface area is 259 Å². The van der Waals surface area contributed by atoms with Crippen LogP contribution < -0.4 is 10.6 Å². The number of thioether (sulfide) groups is 1. The highest BCUT2D eigenvalue weighted by atomic mass is 32.2. The van der Waals surface area contributed by atoms with Crippen LogP contribution in [0.15, 0.2) is 77.1 Å². The fourth-order valence-corrected chi connectivity index (χ4v) is 7.04. The van der Waals surface area contributed by atoms with E-state index in [0.29, 0.717) is 6.54 Å². The molecule has 1 saturated heterocycles. The molecule has 3 N–H and O–H groups in total. The minimum atomic E-state index is -0.588. The van der Waals surface area contributed by atoms with Gasteiger partial charge in [-0.05, 0) is 35.7 Å². The lowest BCUT2D eigenvalue weighted by atomic mass is 9.91. The summed E-state index contributed by atoms with van der Waals surface area (Å²) in [5, 5.41) is 14.7. The van der Waals surface area contributed by atoms with Crippen molar-refractivity contribution in [1.82, 2.24) is 15.6 Å². The Morgan fingerprint density at radius 1 is 0.977 bits per heavy atom. The Bertz CT molecular complexity index is 1480. The van der Waals surface area contributed by atoms with Crippen molar-refractivity contribution in [2.45, 2.75) is 49.8 Å². The zero-order valence-electron chi connectivity index (χ0n) is 24.0. The van der Waals surface area contributed by atoms with Crippen molar-refractivity contribution in [3.05, 3.63) is 95.1 Å². The molecule has 9 nitrogen and oxygen atoms in total. The molecule has 3 aromatic carbocycles. The Balaban J connectivity index is 1.26. The number of nitrogens with one attached hydrogen (secondary N) is 2. The zero-order chi connectivity index (χ0) is 30.2. The molecule has 1 aromatic heterocycles. The summed E-state index contributed by atoms with van der Waals surface area (Å²) in [6.45, 7) is 4.22. The van der Waals surface area contributed by atoms with Gasteiger partial charge in [0.15, 0.2) is 10.6 Å². The predicted octanol–water partition coefficient (Wildman–Crippen LogP) is 5.73. The maximum absolute atomic E-state index is 12.0. The summed E-state index contributed by atoms with van der Waals surface area (Å²) in [5.74, 6) is 0.299. The molecule has 226 valence electrons. The van der Waals surface area contributed by atoms with Crippen LogP contribution in [0, 0.1) is 5.92 Å². The molecule has 11 heteroatoms. The van der Waals surface area contributed by atoms with E-state index in [2.05, 4.69) is 23.6 Å². The van der Waals surface area contributed by atoms with Gasteiger partial charge in [-0.25, -0.2) is 9.78 Å². The molecule has 1 aliphatic rings. The van der Waals surface area contributed by atoms with E-state index in [-0.39, 0.29) is 37.9 Å². The number of hydrogen-bond donors (Lipinski definition) is 3. The lowest BCUT2D eigenvalue weighted by Gasteiger charge is -2.41. The number of nitrogens with zero attached hydrogens (tertiary/aromatic N) is 1. The summed E-state index contributed by atoms with van der Waals surface area (Å²) in [6, 6.07) is 23.3. The van der Waals surface area contributed by atoms with Crippen LogP contribution in [0.4, 0.5) is 4.79 Å². The largest absolute Gasteiger partial charge is 0.465 e. The summed E-state index contributed by atoms with van der Waals surface area (Å²) < 4.78 is 20.1. The highest BCUT2D eigenvalue weighted by Gasteiger charge is 2.38. The number of amides is 2. The van der Waals surface area contributed by atoms with Gasteiger partial charge in [0.25, 0.3) is 0 Å². The molecule has 2 amide bonds. The normalized spacial score (nSPS) is 20.1. The van der Waals surface area contributed by atoms with Crippen molar-refractivity contribution in [3.63, 3.8) is 0 Å². The highest BCUT2D eigenvalue weighted by molar-refractivity contribution is 8.01. The second-order valence-electron chi connectivity index (χ2n) is 10.2. The van der Waals surface area contributed by atoms with Gasteiger partial charge in [0.05, 0.1) is 35.6 Å². The van der Waals surface area contributed by atoms with Gasteiger partial charge in [-0.15, -0.1) is 11.3 Å². The Morgan fingerprint density at radius 2 is 1.70 bits per heavy atom. The van der Waals surface area contributed by atoms with E-state index in [9.17, 15) is 14.7 Å². The molecule has 4 aromatic rings. The number of hydrogen-bond acceptors (Lipinski definition) is 9. The second kappa shape index (κ2) is 14.8. The third-order valence-electron chi connectivity index (χ3n) is 7.17. The Morgan fingerprint density at radius 3 is 2.42 bits per heavy atom. The number of rotatable bonds is 11. The van der Waals surface area contributed by atoms with Crippen LogP contribution in [0.25, 0.3) is 10.2 Å². The third-order valence-corrected chi connectivity index (χ3v) is 9.44. The fourth-order valence-electron chi connectivity index (χ4n) is 4.78. The zero-order valence-corrected chi connectivity index (χ0v) is 25.7. The van der Waals surface area contributed by atoms with Crippen LogP contribution in [-0.2, 0) is 32.2 Å². The predicted molar refractivity (Wildman–Crippen MR) is 167 cm³/mol. The van der Waals surface area contributed by atoms with Gasteiger partial charge in [-0.3, -0.25) is 4.79 Å². The summed E-state index contributed by atoms with van der Waals surface area (Å²) >= 11 is 3.38. The SMILES string of the molecule is CCOC(=O)CNC(=O)NCc1ccc(C2OC(CSc3nc4ccccc4s3)C(C)C(c3ccc(CO)cc3)O2)cc1. The molecule has 0 aliphatic carbocycles. The third kappa shape index (κ3) is 8.12. The van der Waals surface area contributed by atoms with Gasteiger partial charge in [0, 0.05) is 23.8 Å². The number of ether oxygens (including phenoxy) is 3. The summed E-state index contributed by atoms with van der Waals surface area (Å²) in [6.07, 6.45) is -0.908. The number of benzene rings is 3. The first kappa shape index (κ1) is 31.0. The van der Waals surface area contributed by atoms with Crippen molar-refractivity contribution in [3.8, 4) is 0 Å². The quantitative estimate of drug-likeness (QED) is 0.143. The van der Waals surface area contributed by atoms with Gasteiger partial charge in [0.1, 0.15) is 6.54 Å². The first-order valence-electron chi connectivity index (χ1n) is 14.2. The first-order valence-corrected chi connectivity index (χ1v) is 16.0. The summed E-state index contributed by atoms with van der Waals surface area (Å²) in [5.41, 5.74) is 4.64. The number of carbonyl (C=O) groups excluding carboxylic acids is 2. The van der Waals surface area contributed by atoms with Crippen molar-refractivity contribution in [1.29, 1.82) is 0 Å². The molecule has 43 heavy (non-hydrogen) atoms. The number of para-hydroxylation sites is 1. The number of aliphatic hydroxyl groups is 1. The van der Waals surface area contributed by atoms with E-state index in [1.807, 2.05) is 66.7 Å². The Kier molecular flexibility index (Phi) is 10.7. The number of aliphatic hydroxyl groups excluding tert-OH is 1. The van der Waals surface area contributed by atoms with E-state index in [0.717, 1.165) is 42.6 Å². The molecule has 0 saturated carbocycles. The summed E-state index contributed by atoms with van der Waals surface area (Å²) in [7, 11) is 0. The van der Waals surface area contributed by atoms with Crippen molar-refractivity contribution >= 4 is 45.3 Å². The average Bonchev–Trinajstić information content (AvgIpc) is 3.46. The molecule has 0 radical (unpaired) electrons. The van der Waals surface area contributed by atoms with Gasteiger partial charge >= 0.3 is 12.0 Å². The number of urea groups is 1. The summed E-state index contributed by atoms with van der Waals surface area (Å²) in [4.78, 5) is 28.3. The number of fused-ring (bicyclic) bond motifs is 1. The van der Waals surface area contributed by atoms with Crippen molar-refractivity contribution in [2.24, 2.45) is 5.92 Å². The van der Waals surface area contributed by atoms with Crippen molar-refractivity contribution in [2.75, 3.05) is 18.9 Å². The minimum absolute atomic E-state index is 0.0111. The minimum Gasteiger partial charge on any atom is -0.465 e. The van der Waals surface area contributed by atoms with Crippen LogP contribution in [0.3, 0.4) is 0 Å². The van der Waals surface area contributed by atoms with Crippen LogP contribution in [-0.4, -0.2) is 47.1 Å². The smallest absolute Gasteiger partial charge is 0.325 e. The number of carbonyl (C=O) groups is 2. The molecule has 0 bridgehead atoms. The van der Waals surface area contributed by atoms with Gasteiger partial charge in [-0.2, -0.15) is 0 Å². The van der Waals surface area contributed by atoms with Crippen LogP contribution in [0.1, 0.15) is 48.5 Å². The number of thiazole rings is 1. The molecule has 1 aliphatic heterocycles. The van der Waals surface area contributed by atoms with E-state index in [4.69, 9.17) is 19.2 Å². The molecule has 5 rings (SSSR count). The fraction of sp³-hybridized carbons (Fsp3) is 0.344. The first-order chi connectivity index (χ1) is 20.9. The molecule has 4 unspecified atom stereocenters. The molecule has 0 spiro atoms. The van der Waals surface area contributed by atoms with Crippen molar-refractivity contribution < 1.29 is 28.9 Å². The van der Waals surface area contributed by atoms with E-state index in [1.54, 1.807) is 30.0 Å². The van der Waals surface area contributed by atoms with Crippen LogP contribution in [0.2, 0.25) is 0 Å². The molecule has 1 fully saturated rings. The van der Waals surface area contributed by atoms with E-state index in [1.165, 1.54) is 0 Å². The van der Waals surface area contributed by atoms with Gasteiger partial charge in [-0.1, -0.05) is 79.3 Å². The monoisotopic (exact) mass is 621 g/mol. The Hall–Kier alpha value is -3.48. The molecular formula is C32H35N3O6S2. The maximum atomic E-state index is 12.0. The number of esters is 1. The van der Waals surface area contributed by atoms with Crippen LogP contribution >= 0.6 is 23.1 Å². The van der Waals surface area contributed by atoms with E-state index >= 15 is 0 Å². The lowest BCUT2D eigenvalue weighted by molar-refractivity contribution is -0.268. The van der Waals surface area contributed by atoms with Gasteiger partial charge in [0.2, 0.25) is 0 Å². The maximum Gasteiger partial charge on any atom is 0.325 e. The van der Waals surface area contributed by atoms with Gasteiger partial charge < -0.3 is 30.0 Å². The highest BCUT2D eigenvalue weighted by Crippen LogP contribution is 2.43. The standard InChI is InChI=1S/C32H35N3O6S2/c1-3-39-28(37)17-34-31(38)33-16-21-8-14-24(15-9-21)30-40-26(19-42-32-35-25-6-4-5-7-27(25)43-32)20(2)29(41-30)23-12-10-22(18-36)11-13-23/h4-15,20,26,29-30,36H,3,16-19H2,1-2H3,(H2,33,34,38). The second-order valence-corrected chi connectivity index (χ2v) is 12.5. The molecule has 2 heterocycles. The topological polar surface area (TPSA) is 119 Å². The molecular weight excluding hydrogens is 587 g/mol. The average molecular weight is 622 g/mol. The van der Waals surface area contributed by atoms with E-state index < -0.39 is 18.3 Å². The number of aromatic nitrogens is 1. The lowest BCUT2D eigenvalue weighted by Crippen LogP contribution is -2.39.